The number of carbonyl (C=O) groups is 3. The Kier molecular flexibility index (Phi) is 5.58. The van der Waals surface area contributed by atoms with Crippen molar-refractivity contribution in [2.24, 2.45) is 0 Å². The molecule has 2 aromatic heterocycles. The lowest BCUT2D eigenvalue weighted by molar-refractivity contribution is -0.119. The number of rotatable bonds is 5. The van der Waals surface area contributed by atoms with Gasteiger partial charge >= 0.3 is 11.9 Å². The summed E-state index contributed by atoms with van der Waals surface area (Å²) in [5.74, 6) is -1.48. The van der Waals surface area contributed by atoms with Crippen LogP contribution in [-0.4, -0.2) is 36.7 Å². The van der Waals surface area contributed by atoms with Crippen molar-refractivity contribution in [2.75, 3.05) is 19.0 Å². The van der Waals surface area contributed by atoms with Gasteiger partial charge in [-0.05, 0) is 33.3 Å². The monoisotopic (exact) mass is 366 g/mol. The van der Waals surface area contributed by atoms with Crippen LogP contribution < -0.4 is 5.32 Å². The van der Waals surface area contributed by atoms with E-state index in [4.69, 9.17) is 14.0 Å². The minimum Gasteiger partial charge on any atom is -0.465 e. The Morgan fingerprint density at radius 3 is 2.36 bits per heavy atom. The Hall–Kier alpha value is -2.68. The van der Waals surface area contributed by atoms with E-state index in [1.807, 2.05) is 6.92 Å². The number of carbonyl (C=O) groups excluding carboxylic acids is 3. The van der Waals surface area contributed by atoms with Crippen LogP contribution in [0.1, 0.15) is 42.6 Å². The average Bonchev–Trinajstić information content (AvgIpc) is 3.04. The minimum atomic E-state index is -0.696. The van der Waals surface area contributed by atoms with Gasteiger partial charge < -0.3 is 19.3 Å². The first-order valence-electron chi connectivity index (χ1n) is 7.34. The number of anilines is 1. The highest BCUT2D eigenvalue weighted by molar-refractivity contribution is 7.16. The molecule has 1 amide bonds. The van der Waals surface area contributed by atoms with E-state index < -0.39 is 24.5 Å². The molecular weight excluding hydrogens is 348 g/mol. The maximum Gasteiger partial charge on any atom is 0.344 e. The Morgan fingerprint density at radius 2 is 1.80 bits per heavy atom. The van der Waals surface area contributed by atoms with Crippen molar-refractivity contribution in [3.05, 3.63) is 33.0 Å². The van der Waals surface area contributed by atoms with Crippen molar-refractivity contribution >= 4 is 34.2 Å². The van der Waals surface area contributed by atoms with Gasteiger partial charge in [-0.2, -0.15) is 0 Å². The topological polar surface area (TPSA) is 108 Å². The maximum absolute atomic E-state index is 12.1. The van der Waals surface area contributed by atoms with Gasteiger partial charge in [0.05, 0.1) is 18.4 Å². The second-order valence-corrected chi connectivity index (χ2v) is 6.53. The maximum atomic E-state index is 12.1. The third-order valence-corrected chi connectivity index (χ3v) is 4.72. The summed E-state index contributed by atoms with van der Waals surface area (Å²) in [6.07, 6.45) is 0. The average molecular weight is 366 g/mol. The van der Waals surface area contributed by atoms with E-state index in [0.717, 1.165) is 10.4 Å². The summed E-state index contributed by atoms with van der Waals surface area (Å²) in [7, 11) is 1.27. The zero-order chi connectivity index (χ0) is 18.7. The molecule has 2 heterocycles. The number of nitrogens with one attached hydrogen (secondary N) is 1. The van der Waals surface area contributed by atoms with Gasteiger partial charge in [0.25, 0.3) is 5.91 Å². The van der Waals surface area contributed by atoms with Crippen molar-refractivity contribution in [2.45, 2.75) is 27.7 Å². The van der Waals surface area contributed by atoms with Crippen molar-refractivity contribution in [1.29, 1.82) is 0 Å². The predicted molar refractivity (Wildman–Crippen MR) is 90.0 cm³/mol. The van der Waals surface area contributed by atoms with E-state index in [1.54, 1.807) is 20.8 Å². The molecule has 0 spiro atoms. The summed E-state index contributed by atoms with van der Waals surface area (Å²) in [5.41, 5.74) is 1.63. The molecule has 0 aliphatic heterocycles. The lowest BCUT2D eigenvalue weighted by Gasteiger charge is -2.07. The summed E-state index contributed by atoms with van der Waals surface area (Å²) < 4.78 is 14.6. The third kappa shape index (κ3) is 3.87. The molecule has 8 nitrogen and oxygen atoms in total. The van der Waals surface area contributed by atoms with Crippen LogP contribution in [0.5, 0.6) is 0 Å². The van der Waals surface area contributed by atoms with Gasteiger partial charge in [-0.15, -0.1) is 11.3 Å². The van der Waals surface area contributed by atoms with Gasteiger partial charge in [-0.1, -0.05) is 5.16 Å². The number of hydrogen-bond acceptors (Lipinski definition) is 8. The molecule has 9 heteroatoms. The highest BCUT2D eigenvalue weighted by Gasteiger charge is 2.23. The smallest absolute Gasteiger partial charge is 0.344 e. The molecule has 0 saturated carbocycles. The van der Waals surface area contributed by atoms with Crippen LogP contribution in [0.2, 0.25) is 0 Å². The van der Waals surface area contributed by atoms with Crippen molar-refractivity contribution in [1.82, 2.24) is 5.16 Å². The second kappa shape index (κ2) is 7.47. The van der Waals surface area contributed by atoms with Crippen LogP contribution in [0.4, 0.5) is 5.00 Å². The highest BCUT2D eigenvalue weighted by Crippen LogP contribution is 2.32. The molecule has 0 aliphatic carbocycles. The number of ether oxygens (including phenoxy) is 2. The molecule has 1 N–H and O–H groups in total. The molecule has 0 atom stereocenters. The van der Waals surface area contributed by atoms with Crippen LogP contribution in [0, 0.1) is 27.7 Å². The SMILES string of the molecule is COC(=O)c1c(NC(=O)COC(=O)c2c(C)noc2C)sc(C)c1C. The normalized spacial score (nSPS) is 10.4. The molecule has 0 aromatic carbocycles. The summed E-state index contributed by atoms with van der Waals surface area (Å²) in [6, 6.07) is 0. The van der Waals surface area contributed by atoms with Crippen molar-refractivity contribution in [3.8, 4) is 0 Å². The fourth-order valence-electron chi connectivity index (χ4n) is 2.20. The standard InChI is InChI=1S/C16H18N2O6S/c1-7-10(4)25-14(12(7)15(20)22-5)17-11(19)6-23-16(21)13-8(2)18-24-9(13)3/h6H2,1-5H3,(H,17,19). The van der Waals surface area contributed by atoms with Crippen LogP contribution in [0.25, 0.3) is 0 Å². The summed E-state index contributed by atoms with van der Waals surface area (Å²) in [4.78, 5) is 36.8. The van der Waals surface area contributed by atoms with Gasteiger partial charge in [0.1, 0.15) is 16.3 Å². The second-order valence-electron chi connectivity index (χ2n) is 5.30. The van der Waals surface area contributed by atoms with Crippen LogP contribution >= 0.6 is 11.3 Å². The van der Waals surface area contributed by atoms with E-state index in [0.29, 0.717) is 22.0 Å². The van der Waals surface area contributed by atoms with Crippen LogP contribution in [-0.2, 0) is 14.3 Å². The van der Waals surface area contributed by atoms with Gasteiger partial charge in [-0.3, -0.25) is 4.79 Å². The van der Waals surface area contributed by atoms with E-state index in [2.05, 4.69) is 10.5 Å². The molecule has 0 bridgehead atoms. The van der Waals surface area contributed by atoms with E-state index in [1.165, 1.54) is 18.4 Å². The van der Waals surface area contributed by atoms with Gasteiger partial charge in [0.15, 0.2) is 6.61 Å². The first-order valence-corrected chi connectivity index (χ1v) is 8.16. The Balaban J connectivity index is 2.05. The highest BCUT2D eigenvalue weighted by atomic mass is 32.1. The zero-order valence-corrected chi connectivity index (χ0v) is 15.3. The minimum absolute atomic E-state index is 0.200. The molecule has 0 unspecified atom stereocenters. The number of methoxy groups -OCH3 is 1. The van der Waals surface area contributed by atoms with Crippen LogP contribution in [0.3, 0.4) is 0 Å². The van der Waals surface area contributed by atoms with E-state index in [-0.39, 0.29) is 5.56 Å². The number of aryl methyl sites for hydroxylation is 3. The third-order valence-electron chi connectivity index (χ3n) is 3.60. The fourth-order valence-corrected chi connectivity index (χ4v) is 3.27. The van der Waals surface area contributed by atoms with E-state index in [9.17, 15) is 14.4 Å². The lowest BCUT2D eigenvalue weighted by atomic mass is 10.1. The largest absolute Gasteiger partial charge is 0.465 e. The lowest BCUT2D eigenvalue weighted by Crippen LogP contribution is -2.22. The Morgan fingerprint density at radius 1 is 1.12 bits per heavy atom. The summed E-state index contributed by atoms with van der Waals surface area (Å²) in [5, 5.41) is 6.60. The summed E-state index contributed by atoms with van der Waals surface area (Å²) in [6.45, 7) is 6.29. The van der Waals surface area contributed by atoms with Crippen molar-refractivity contribution < 1.29 is 28.4 Å². The molecule has 0 aliphatic rings. The quantitative estimate of drug-likeness (QED) is 0.810. The number of aromatic nitrogens is 1. The molecule has 25 heavy (non-hydrogen) atoms. The Bertz CT molecular complexity index is 817. The van der Waals surface area contributed by atoms with Crippen molar-refractivity contribution in [3.63, 3.8) is 0 Å². The number of esters is 2. The number of hydrogen-bond donors (Lipinski definition) is 1. The molecule has 0 saturated heterocycles. The van der Waals surface area contributed by atoms with Gasteiger partial charge in [0, 0.05) is 4.88 Å². The molecule has 2 rings (SSSR count). The Labute approximate surface area is 148 Å². The number of amides is 1. The molecular formula is C16H18N2O6S. The molecule has 0 fully saturated rings. The molecule has 0 radical (unpaired) electrons. The first-order chi connectivity index (χ1) is 11.8. The first kappa shape index (κ1) is 18.7. The predicted octanol–water partition coefficient (Wildman–Crippen LogP) is 2.55. The van der Waals surface area contributed by atoms with E-state index >= 15 is 0 Å². The molecule has 134 valence electrons. The fraction of sp³-hybridized carbons (Fsp3) is 0.375. The summed E-state index contributed by atoms with van der Waals surface area (Å²) >= 11 is 1.25. The van der Waals surface area contributed by atoms with Crippen LogP contribution in [0.15, 0.2) is 4.52 Å². The number of nitrogens with zero attached hydrogens (tertiary/aromatic N) is 1. The van der Waals surface area contributed by atoms with Gasteiger partial charge in [-0.25, -0.2) is 9.59 Å². The number of thiophene rings is 1. The molecule has 2 aromatic rings. The zero-order valence-electron chi connectivity index (χ0n) is 14.5. The van der Waals surface area contributed by atoms with Gasteiger partial charge in [0.2, 0.25) is 0 Å².